The fourth-order valence-electron chi connectivity index (χ4n) is 2.53. The fraction of sp³-hybridized carbons (Fsp3) is 0.625. The molecule has 0 amide bonds. The predicted octanol–water partition coefficient (Wildman–Crippen LogP) is 4.87. The van der Waals surface area contributed by atoms with Gasteiger partial charge in [0.1, 0.15) is 0 Å². The van der Waals surface area contributed by atoms with E-state index in [1.54, 1.807) is 0 Å². The van der Waals surface area contributed by atoms with Gasteiger partial charge in [-0.05, 0) is 30.9 Å². The summed E-state index contributed by atoms with van der Waals surface area (Å²) in [6.07, 6.45) is 6.21. The zero-order valence-corrected chi connectivity index (χ0v) is 14.0. The van der Waals surface area contributed by atoms with Crippen LogP contribution in [0.5, 0.6) is 0 Å². The van der Waals surface area contributed by atoms with E-state index >= 15 is 0 Å². The Balaban J connectivity index is 2.78. The monoisotopic (exact) mass is 326 g/mol. The molecule has 1 aromatic rings. The van der Waals surface area contributed by atoms with Crippen LogP contribution in [0.3, 0.4) is 0 Å². The third kappa shape index (κ3) is 5.25. The van der Waals surface area contributed by atoms with Crippen molar-refractivity contribution < 1.29 is 0 Å². The lowest BCUT2D eigenvalue weighted by Gasteiger charge is -2.23. The van der Waals surface area contributed by atoms with Crippen LogP contribution < -0.4 is 11.3 Å². The van der Waals surface area contributed by atoms with Crippen LogP contribution in [0.1, 0.15) is 63.1 Å². The van der Waals surface area contributed by atoms with Crippen LogP contribution in [0.4, 0.5) is 0 Å². The smallest absolute Gasteiger partial charge is 0.0473 e. The van der Waals surface area contributed by atoms with E-state index in [9.17, 15) is 0 Å². The van der Waals surface area contributed by atoms with Crippen LogP contribution in [0.15, 0.2) is 22.7 Å². The molecule has 3 N–H and O–H groups in total. The summed E-state index contributed by atoms with van der Waals surface area (Å²) in [5, 5.41) is 0. The summed E-state index contributed by atoms with van der Waals surface area (Å²) in [6.45, 7) is 6.65. The van der Waals surface area contributed by atoms with Crippen LogP contribution in [-0.2, 0) is 0 Å². The Hall–Kier alpha value is -0.380. The number of aryl methyl sites for hydroxylation is 1. The van der Waals surface area contributed by atoms with Gasteiger partial charge in [-0.2, -0.15) is 0 Å². The fourth-order valence-corrected chi connectivity index (χ4v) is 3.05. The van der Waals surface area contributed by atoms with Crippen molar-refractivity contribution in [1.82, 2.24) is 5.43 Å². The molecule has 0 saturated heterocycles. The van der Waals surface area contributed by atoms with Crippen molar-refractivity contribution in [3.63, 3.8) is 0 Å². The molecule has 0 bridgehead atoms. The number of hydrogen-bond donors (Lipinski definition) is 2. The molecule has 1 rings (SSSR count). The first kappa shape index (κ1) is 16.7. The Morgan fingerprint density at radius 1 is 1.32 bits per heavy atom. The Morgan fingerprint density at radius 2 is 2.05 bits per heavy atom. The first-order chi connectivity index (χ1) is 9.12. The molecule has 0 saturated carbocycles. The maximum Gasteiger partial charge on any atom is 0.0473 e. The molecule has 0 aromatic heterocycles. The average molecular weight is 327 g/mol. The van der Waals surface area contributed by atoms with Gasteiger partial charge in [0, 0.05) is 10.5 Å². The minimum atomic E-state index is 0.232. The van der Waals surface area contributed by atoms with Crippen molar-refractivity contribution in [2.75, 3.05) is 0 Å². The molecule has 0 heterocycles. The molecule has 0 aliphatic carbocycles. The predicted molar refractivity (Wildman–Crippen MR) is 86.9 cm³/mol. The lowest BCUT2D eigenvalue weighted by molar-refractivity contribution is 0.355. The molecule has 0 aliphatic heterocycles. The van der Waals surface area contributed by atoms with Gasteiger partial charge in [0.2, 0.25) is 0 Å². The summed E-state index contributed by atoms with van der Waals surface area (Å²) in [4.78, 5) is 0. The maximum atomic E-state index is 5.78. The number of rotatable bonds is 8. The second-order valence-electron chi connectivity index (χ2n) is 5.40. The molecule has 0 aliphatic rings. The Kier molecular flexibility index (Phi) is 7.66. The standard InChI is InChI=1S/C16H27BrN2/c1-4-6-7-13(5-2)11-16(19-18)14-10-12(3)8-9-15(14)17/h8-10,13,16,19H,4-7,11,18H2,1-3H3. The highest BCUT2D eigenvalue weighted by Crippen LogP contribution is 2.31. The molecule has 1 aromatic carbocycles. The van der Waals surface area contributed by atoms with Crippen molar-refractivity contribution in [2.45, 2.75) is 58.9 Å². The second kappa shape index (κ2) is 8.72. The molecule has 3 heteroatoms. The number of benzene rings is 1. The third-order valence-corrected chi connectivity index (χ3v) is 4.56. The quantitative estimate of drug-likeness (QED) is 0.528. The van der Waals surface area contributed by atoms with Crippen LogP contribution in [0.25, 0.3) is 0 Å². The van der Waals surface area contributed by atoms with Gasteiger partial charge in [-0.1, -0.05) is 73.2 Å². The van der Waals surface area contributed by atoms with Gasteiger partial charge in [0.15, 0.2) is 0 Å². The Bertz CT molecular complexity index is 379. The minimum absolute atomic E-state index is 0.232. The lowest BCUT2D eigenvalue weighted by atomic mass is 9.89. The zero-order valence-electron chi connectivity index (χ0n) is 12.4. The van der Waals surface area contributed by atoms with Gasteiger partial charge in [-0.25, -0.2) is 0 Å². The van der Waals surface area contributed by atoms with Gasteiger partial charge in [0.25, 0.3) is 0 Å². The van der Waals surface area contributed by atoms with E-state index < -0.39 is 0 Å². The van der Waals surface area contributed by atoms with Gasteiger partial charge in [-0.15, -0.1) is 0 Å². The first-order valence-corrected chi connectivity index (χ1v) is 8.13. The number of hydrogen-bond acceptors (Lipinski definition) is 2. The van der Waals surface area contributed by atoms with Gasteiger partial charge < -0.3 is 0 Å². The van der Waals surface area contributed by atoms with Gasteiger partial charge in [-0.3, -0.25) is 11.3 Å². The molecule has 19 heavy (non-hydrogen) atoms. The molecule has 2 nitrogen and oxygen atoms in total. The Labute approximate surface area is 126 Å². The van der Waals surface area contributed by atoms with Crippen molar-refractivity contribution in [2.24, 2.45) is 11.8 Å². The van der Waals surface area contributed by atoms with Crippen molar-refractivity contribution in [3.05, 3.63) is 33.8 Å². The van der Waals surface area contributed by atoms with Crippen molar-refractivity contribution in [1.29, 1.82) is 0 Å². The van der Waals surface area contributed by atoms with Gasteiger partial charge >= 0.3 is 0 Å². The largest absolute Gasteiger partial charge is 0.271 e. The summed E-state index contributed by atoms with van der Waals surface area (Å²) in [6, 6.07) is 6.69. The molecule has 0 fully saturated rings. The molecule has 2 atom stereocenters. The van der Waals surface area contributed by atoms with Crippen molar-refractivity contribution in [3.8, 4) is 0 Å². The zero-order chi connectivity index (χ0) is 14.3. The SMILES string of the molecule is CCCCC(CC)CC(NN)c1cc(C)ccc1Br. The summed E-state index contributed by atoms with van der Waals surface area (Å²) in [7, 11) is 0. The highest BCUT2D eigenvalue weighted by molar-refractivity contribution is 9.10. The van der Waals surface area contributed by atoms with E-state index in [0.29, 0.717) is 0 Å². The van der Waals surface area contributed by atoms with Gasteiger partial charge in [0.05, 0.1) is 0 Å². The van der Waals surface area contributed by atoms with E-state index in [2.05, 4.69) is 60.3 Å². The number of unbranched alkanes of at least 4 members (excludes halogenated alkanes) is 1. The topological polar surface area (TPSA) is 38.0 Å². The molecule has 108 valence electrons. The van der Waals surface area contributed by atoms with Crippen LogP contribution >= 0.6 is 15.9 Å². The number of halogens is 1. The van der Waals surface area contributed by atoms with Crippen LogP contribution in [-0.4, -0.2) is 0 Å². The highest BCUT2D eigenvalue weighted by atomic mass is 79.9. The first-order valence-electron chi connectivity index (χ1n) is 7.34. The summed E-state index contributed by atoms with van der Waals surface area (Å²) in [5.41, 5.74) is 5.55. The van der Waals surface area contributed by atoms with E-state index in [-0.39, 0.29) is 6.04 Å². The van der Waals surface area contributed by atoms with E-state index in [4.69, 9.17) is 5.84 Å². The Morgan fingerprint density at radius 3 is 2.63 bits per heavy atom. The molecule has 0 spiro atoms. The number of nitrogens with two attached hydrogens (primary N) is 1. The number of nitrogens with one attached hydrogen (secondary N) is 1. The van der Waals surface area contributed by atoms with E-state index in [1.807, 2.05) is 0 Å². The van der Waals surface area contributed by atoms with Crippen LogP contribution in [0, 0.1) is 12.8 Å². The summed E-state index contributed by atoms with van der Waals surface area (Å²) in [5.74, 6) is 6.53. The lowest BCUT2D eigenvalue weighted by Crippen LogP contribution is -2.30. The molecule has 0 radical (unpaired) electrons. The number of hydrazine groups is 1. The highest BCUT2D eigenvalue weighted by Gasteiger charge is 2.18. The van der Waals surface area contributed by atoms with Crippen molar-refractivity contribution >= 4 is 15.9 Å². The van der Waals surface area contributed by atoms with Crippen LogP contribution in [0.2, 0.25) is 0 Å². The third-order valence-electron chi connectivity index (χ3n) is 3.84. The summed E-state index contributed by atoms with van der Waals surface area (Å²) < 4.78 is 1.14. The molecule has 2 unspecified atom stereocenters. The minimum Gasteiger partial charge on any atom is -0.271 e. The summed E-state index contributed by atoms with van der Waals surface area (Å²) >= 11 is 3.64. The average Bonchev–Trinajstić information content (AvgIpc) is 2.42. The second-order valence-corrected chi connectivity index (χ2v) is 6.25. The maximum absolute atomic E-state index is 5.78. The van der Waals surface area contributed by atoms with E-state index in [0.717, 1.165) is 16.8 Å². The normalized spacial score (nSPS) is 14.4. The molecular formula is C16H27BrN2. The molecular weight excluding hydrogens is 300 g/mol. The van der Waals surface area contributed by atoms with E-state index in [1.165, 1.54) is 36.8 Å².